The van der Waals surface area contributed by atoms with E-state index >= 15 is 0 Å². The Kier molecular flexibility index (Phi) is 9.98. The Hall–Kier alpha value is -1.02. The summed E-state index contributed by atoms with van der Waals surface area (Å²) < 4.78 is 5.95. The molecule has 0 aromatic heterocycles. The monoisotopic (exact) mass is 291 g/mol. The van der Waals surface area contributed by atoms with Gasteiger partial charge in [-0.1, -0.05) is 70.6 Å². The second kappa shape index (κ2) is 11.6. The minimum absolute atomic E-state index is 0.230. The van der Waals surface area contributed by atoms with Crippen molar-refractivity contribution in [3.63, 3.8) is 0 Å². The highest BCUT2D eigenvalue weighted by atomic mass is 16.5. The maximum absolute atomic E-state index is 6.05. The van der Waals surface area contributed by atoms with Crippen LogP contribution in [0.15, 0.2) is 24.3 Å². The number of hydrogen-bond acceptors (Lipinski definition) is 2. The fourth-order valence-electron chi connectivity index (χ4n) is 2.48. The Morgan fingerprint density at radius 1 is 0.952 bits per heavy atom. The third-order valence-electron chi connectivity index (χ3n) is 3.98. The van der Waals surface area contributed by atoms with Crippen molar-refractivity contribution in [3.8, 4) is 5.75 Å². The summed E-state index contributed by atoms with van der Waals surface area (Å²) in [5.41, 5.74) is 7.30. The summed E-state index contributed by atoms with van der Waals surface area (Å²) in [6.07, 6.45) is 11.1. The lowest BCUT2D eigenvalue weighted by molar-refractivity contribution is 0.300. The standard InChI is InChI=1S/C19H33NO/c1-3-5-6-7-8-9-12-15-21-19-14-11-10-13-17(19)16-18(20)4-2/h10-11,13-14,18H,3-9,12,15-16,20H2,1-2H3. The third kappa shape index (κ3) is 8.11. The lowest BCUT2D eigenvalue weighted by Gasteiger charge is -2.14. The van der Waals surface area contributed by atoms with Gasteiger partial charge in [-0.3, -0.25) is 0 Å². The molecule has 1 aromatic rings. The van der Waals surface area contributed by atoms with Crippen LogP contribution in [0.25, 0.3) is 0 Å². The van der Waals surface area contributed by atoms with Gasteiger partial charge in [0.2, 0.25) is 0 Å². The normalized spacial score (nSPS) is 12.3. The van der Waals surface area contributed by atoms with Crippen molar-refractivity contribution in [2.75, 3.05) is 6.61 Å². The van der Waals surface area contributed by atoms with Crippen LogP contribution in [0.3, 0.4) is 0 Å². The molecule has 0 aliphatic carbocycles. The molecule has 0 saturated heterocycles. The number of nitrogens with two attached hydrogens (primary N) is 1. The zero-order valence-corrected chi connectivity index (χ0v) is 13.9. The molecular weight excluding hydrogens is 258 g/mol. The van der Waals surface area contributed by atoms with E-state index in [-0.39, 0.29) is 6.04 Å². The van der Waals surface area contributed by atoms with Gasteiger partial charge in [-0.2, -0.15) is 0 Å². The number of unbranched alkanes of at least 4 members (excludes halogenated alkanes) is 6. The number of para-hydroxylation sites is 1. The van der Waals surface area contributed by atoms with Gasteiger partial charge in [0.25, 0.3) is 0 Å². The predicted molar refractivity (Wildman–Crippen MR) is 91.9 cm³/mol. The Labute approximate surface area is 131 Å². The van der Waals surface area contributed by atoms with Crippen molar-refractivity contribution in [2.45, 2.75) is 77.7 Å². The Morgan fingerprint density at radius 2 is 1.62 bits per heavy atom. The summed E-state index contributed by atoms with van der Waals surface area (Å²) in [5, 5.41) is 0. The minimum Gasteiger partial charge on any atom is -0.493 e. The van der Waals surface area contributed by atoms with Crippen molar-refractivity contribution in [1.82, 2.24) is 0 Å². The van der Waals surface area contributed by atoms with Crippen LogP contribution < -0.4 is 10.5 Å². The van der Waals surface area contributed by atoms with E-state index in [9.17, 15) is 0 Å². The largest absolute Gasteiger partial charge is 0.493 e. The van der Waals surface area contributed by atoms with E-state index in [0.29, 0.717) is 0 Å². The minimum atomic E-state index is 0.230. The predicted octanol–water partition coefficient (Wildman–Crippen LogP) is 5.10. The quantitative estimate of drug-likeness (QED) is 0.544. The van der Waals surface area contributed by atoms with Gasteiger partial charge >= 0.3 is 0 Å². The van der Waals surface area contributed by atoms with Crippen LogP contribution in [0, 0.1) is 0 Å². The van der Waals surface area contributed by atoms with E-state index in [1.54, 1.807) is 0 Å². The van der Waals surface area contributed by atoms with Gasteiger partial charge in [0, 0.05) is 6.04 Å². The molecule has 0 aliphatic rings. The summed E-state index contributed by atoms with van der Waals surface area (Å²) in [7, 11) is 0. The average Bonchev–Trinajstić information content (AvgIpc) is 2.51. The molecule has 21 heavy (non-hydrogen) atoms. The molecule has 0 saturated carbocycles. The van der Waals surface area contributed by atoms with Crippen LogP contribution in [0.2, 0.25) is 0 Å². The van der Waals surface area contributed by atoms with Crippen LogP contribution in [0.1, 0.15) is 70.8 Å². The lowest BCUT2D eigenvalue weighted by atomic mass is 10.0. The first kappa shape index (κ1) is 18.0. The second-order valence-electron chi connectivity index (χ2n) is 5.95. The van der Waals surface area contributed by atoms with Gasteiger partial charge in [-0.25, -0.2) is 0 Å². The summed E-state index contributed by atoms with van der Waals surface area (Å²) >= 11 is 0. The van der Waals surface area contributed by atoms with Gasteiger partial charge < -0.3 is 10.5 Å². The van der Waals surface area contributed by atoms with Gasteiger partial charge in [0.1, 0.15) is 5.75 Å². The van der Waals surface area contributed by atoms with Crippen molar-refractivity contribution in [2.24, 2.45) is 5.73 Å². The molecule has 120 valence electrons. The molecule has 0 aliphatic heterocycles. The molecule has 0 amide bonds. The average molecular weight is 291 g/mol. The highest BCUT2D eigenvalue weighted by molar-refractivity contribution is 5.33. The van der Waals surface area contributed by atoms with E-state index < -0.39 is 0 Å². The lowest BCUT2D eigenvalue weighted by Crippen LogP contribution is -2.21. The van der Waals surface area contributed by atoms with Crippen molar-refractivity contribution in [1.29, 1.82) is 0 Å². The first-order chi connectivity index (χ1) is 10.3. The van der Waals surface area contributed by atoms with Crippen LogP contribution in [0.5, 0.6) is 5.75 Å². The second-order valence-corrected chi connectivity index (χ2v) is 5.95. The molecule has 0 fully saturated rings. The van der Waals surface area contributed by atoms with Crippen molar-refractivity contribution < 1.29 is 4.74 Å². The van der Waals surface area contributed by atoms with E-state index in [0.717, 1.165) is 31.6 Å². The van der Waals surface area contributed by atoms with Crippen LogP contribution >= 0.6 is 0 Å². The number of benzene rings is 1. The molecular formula is C19H33NO. The molecule has 2 N–H and O–H groups in total. The molecule has 0 spiro atoms. The van der Waals surface area contributed by atoms with E-state index in [1.807, 2.05) is 6.07 Å². The Bertz CT molecular complexity index is 364. The molecule has 1 atom stereocenters. The fraction of sp³-hybridized carbons (Fsp3) is 0.684. The summed E-state index contributed by atoms with van der Waals surface area (Å²) in [4.78, 5) is 0. The highest BCUT2D eigenvalue weighted by Gasteiger charge is 2.07. The number of ether oxygens (including phenoxy) is 1. The van der Waals surface area contributed by atoms with Crippen LogP contribution in [-0.4, -0.2) is 12.6 Å². The van der Waals surface area contributed by atoms with Crippen molar-refractivity contribution in [3.05, 3.63) is 29.8 Å². The topological polar surface area (TPSA) is 35.2 Å². The van der Waals surface area contributed by atoms with Gasteiger partial charge in [-0.05, 0) is 30.9 Å². The molecule has 1 aromatic carbocycles. The molecule has 2 nitrogen and oxygen atoms in total. The molecule has 0 bridgehead atoms. The van der Waals surface area contributed by atoms with Crippen molar-refractivity contribution >= 4 is 0 Å². The number of hydrogen-bond donors (Lipinski definition) is 1. The summed E-state index contributed by atoms with van der Waals surface area (Å²) in [6, 6.07) is 8.54. The molecule has 1 rings (SSSR count). The summed E-state index contributed by atoms with van der Waals surface area (Å²) in [5.74, 6) is 1.02. The zero-order chi connectivity index (χ0) is 15.3. The Morgan fingerprint density at radius 3 is 2.33 bits per heavy atom. The first-order valence-corrected chi connectivity index (χ1v) is 8.74. The van der Waals surface area contributed by atoms with Gasteiger partial charge in [0.05, 0.1) is 6.61 Å². The maximum Gasteiger partial charge on any atom is 0.122 e. The van der Waals surface area contributed by atoms with Crippen LogP contribution in [0.4, 0.5) is 0 Å². The number of rotatable bonds is 12. The SMILES string of the molecule is CCCCCCCCCOc1ccccc1CC(N)CC. The first-order valence-electron chi connectivity index (χ1n) is 8.74. The highest BCUT2D eigenvalue weighted by Crippen LogP contribution is 2.20. The summed E-state index contributed by atoms with van der Waals surface area (Å²) in [6.45, 7) is 5.22. The van der Waals surface area contributed by atoms with Gasteiger partial charge in [0.15, 0.2) is 0 Å². The third-order valence-corrected chi connectivity index (χ3v) is 3.98. The van der Waals surface area contributed by atoms with Crippen LogP contribution in [-0.2, 0) is 6.42 Å². The smallest absolute Gasteiger partial charge is 0.122 e. The fourth-order valence-corrected chi connectivity index (χ4v) is 2.48. The van der Waals surface area contributed by atoms with E-state index in [1.165, 1.54) is 44.1 Å². The van der Waals surface area contributed by atoms with E-state index in [2.05, 4.69) is 32.0 Å². The molecule has 0 heterocycles. The van der Waals surface area contributed by atoms with Gasteiger partial charge in [-0.15, -0.1) is 0 Å². The Balaban J connectivity index is 2.22. The van der Waals surface area contributed by atoms with E-state index in [4.69, 9.17) is 10.5 Å². The molecule has 0 radical (unpaired) electrons. The zero-order valence-electron chi connectivity index (χ0n) is 13.9. The maximum atomic E-state index is 6.05. The molecule has 2 heteroatoms. The molecule has 1 unspecified atom stereocenters.